The Morgan fingerprint density at radius 3 is 2.52 bits per heavy atom. The van der Waals surface area contributed by atoms with Crippen molar-refractivity contribution in [2.24, 2.45) is 0 Å². The SMILES string of the molecule is CCNC(=O)c1ccc(N)c(Nc2ccc(C)c(C)c2)c1. The molecule has 2 aromatic carbocycles. The van der Waals surface area contributed by atoms with Crippen LogP contribution in [0, 0.1) is 13.8 Å². The molecule has 0 heterocycles. The molecule has 0 unspecified atom stereocenters. The lowest BCUT2D eigenvalue weighted by molar-refractivity contribution is 0.0956. The number of rotatable bonds is 4. The lowest BCUT2D eigenvalue weighted by Crippen LogP contribution is -2.22. The van der Waals surface area contributed by atoms with Gasteiger partial charge in [0.25, 0.3) is 5.91 Å². The first-order valence-corrected chi connectivity index (χ1v) is 7.03. The molecule has 0 aromatic heterocycles. The number of nitrogens with two attached hydrogens (primary N) is 1. The Hall–Kier alpha value is -2.49. The maximum absolute atomic E-state index is 11.9. The summed E-state index contributed by atoms with van der Waals surface area (Å²) in [6.45, 7) is 6.63. The molecule has 2 rings (SSSR count). The van der Waals surface area contributed by atoms with Gasteiger partial charge >= 0.3 is 0 Å². The number of anilines is 3. The maximum atomic E-state index is 11.9. The van der Waals surface area contributed by atoms with Crippen molar-refractivity contribution < 1.29 is 4.79 Å². The summed E-state index contributed by atoms with van der Waals surface area (Å²) in [4.78, 5) is 11.9. The Kier molecular flexibility index (Phi) is 4.48. The molecule has 0 aliphatic carbocycles. The number of aryl methyl sites for hydroxylation is 2. The summed E-state index contributed by atoms with van der Waals surface area (Å²) in [6, 6.07) is 11.4. The number of hydrogen-bond acceptors (Lipinski definition) is 3. The van der Waals surface area contributed by atoms with Crippen LogP contribution in [0.25, 0.3) is 0 Å². The highest BCUT2D eigenvalue weighted by Gasteiger charge is 2.08. The fourth-order valence-corrected chi connectivity index (χ4v) is 2.04. The van der Waals surface area contributed by atoms with Gasteiger partial charge in [0.05, 0.1) is 11.4 Å². The standard InChI is InChI=1S/C17H21N3O/c1-4-19-17(21)13-6-8-15(18)16(10-13)20-14-7-5-11(2)12(3)9-14/h5-10,20H,4,18H2,1-3H3,(H,19,21). The molecule has 110 valence electrons. The van der Waals surface area contributed by atoms with Crippen LogP contribution < -0.4 is 16.4 Å². The predicted molar refractivity (Wildman–Crippen MR) is 88.1 cm³/mol. The Balaban J connectivity index is 2.28. The largest absolute Gasteiger partial charge is 0.397 e. The highest BCUT2D eigenvalue weighted by Crippen LogP contribution is 2.25. The molecule has 0 spiro atoms. The average Bonchev–Trinajstić information content (AvgIpc) is 2.45. The van der Waals surface area contributed by atoms with E-state index in [1.54, 1.807) is 18.2 Å². The summed E-state index contributed by atoms with van der Waals surface area (Å²) in [7, 11) is 0. The van der Waals surface area contributed by atoms with Gasteiger partial charge in [-0.1, -0.05) is 6.07 Å². The van der Waals surface area contributed by atoms with Gasteiger partial charge in [0, 0.05) is 17.8 Å². The molecule has 0 radical (unpaired) electrons. The number of hydrogen-bond donors (Lipinski definition) is 3. The van der Waals surface area contributed by atoms with Crippen molar-refractivity contribution in [1.82, 2.24) is 5.32 Å². The molecule has 21 heavy (non-hydrogen) atoms. The zero-order chi connectivity index (χ0) is 15.4. The first-order chi connectivity index (χ1) is 10.0. The van der Waals surface area contributed by atoms with Gasteiger partial charge in [-0.15, -0.1) is 0 Å². The van der Waals surface area contributed by atoms with Crippen LogP contribution in [0.3, 0.4) is 0 Å². The van der Waals surface area contributed by atoms with Crippen molar-refractivity contribution in [2.45, 2.75) is 20.8 Å². The van der Waals surface area contributed by atoms with Gasteiger partial charge in [0.15, 0.2) is 0 Å². The number of amides is 1. The van der Waals surface area contributed by atoms with Crippen molar-refractivity contribution in [2.75, 3.05) is 17.6 Å². The molecule has 0 atom stereocenters. The highest BCUT2D eigenvalue weighted by molar-refractivity contribution is 5.96. The zero-order valence-electron chi connectivity index (χ0n) is 12.7. The summed E-state index contributed by atoms with van der Waals surface area (Å²) in [5.74, 6) is -0.0966. The molecule has 0 bridgehead atoms. The quantitative estimate of drug-likeness (QED) is 0.754. The van der Waals surface area contributed by atoms with Crippen molar-refractivity contribution in [3.05, 3.63) is 53.1 Å². The van der Waals surface area contributed by atoms with Crippen LogP contribution >= 0.6 is 0 Å². The van der Waals surface area contributed by atoms with E-state index in [4.69, 9.17) is 5.73 Å². The first-order valence-electron chi connectivity index (χ1n) is 7.03. The molecule has 4 N–H and O–H groups in total. The van der Waals surface area contributed by atoms with Gasteiger partial charge in [0.2, 0.25) is 0 Å². The number of nitrogen functional groups attached to an aromatic ring is 1. The molecule has 2 aromatic rings. The summed E-state index contributed by atoms with van der Waals surface area (Å²) >= 11 is 0. The van der Waals surface area contributed by atoms with E-state index in [1.165, 1.54) is 11.1 Å². The lowest BCUT2D eigenvalue weighted by atomic mass is 10.1. The molecule has 0 aliphatic heterocycles. The van der Waals surface area contributed by atoms with E-state index in [-0.39, 0.29) is 5.91 Å². The van der Waals surface area contributed by atoms with E-state index in [0.717, 1.165) is 11.4 Å². The number of benzene rings is 2. The molecule has 0 saturated carbocycles. The zero-order valence-corrected chi connectivity index (χ0v) is 12.7. The van der Waals surface area contributed by atoms with Gasteiger partial charge in [-0.2, -0.15) is 0 Å². The molecular formula is C17H21N3O. The average molecular weight is 283 g/mol. The minimum absolute atomic E-state index is 0.0966. The van der Waals surface area contributed by atoms with Crippen LogP contribution in [0.5, 0.6) is 0 Å². The smallest absolute Gasteiger partial charge is 0.251 e. The summed E-state index contributed by atoms with van der Waals surface area (Å²) < 4.78 is 0. The second kappa shape index (κ2) is 6.31. The van der Waals surface area contributed by atoms with Crippen LogP contribution in [0.1, 0.15) is 28.4 Å². The fraction of sp³-hybridized carbons (Fsp3) is 0.235. The number of carbonyl (C=O) groups is 1. The van der Waals surface area contributed by atoms with E-state index in [0.29, 0.717) is 17.8 Å². The van der Waals surface area contributed by atoms with Gasteiger partial charge in [-0.25, -0.2) is 0 Å². The van der Waals surface area contributed by atoms with Crippen LogP contribution in [0.15, 0.2) is 36.4 Å². The number of nitrogens with one attached hydrogen (secondary N) is 2. The van der Waals surface area contributed by atoms with E-state index < -0.39 is 0 Å². The van der Waals surface area contributed by atoms with Crippen LogP contribution in [0.2, 0.25) is 0 Å². The fourth-order valence-electron chi connectivity index (χ4n) is 2.04. The summed E-state index contributed by atoms with van der Waals surface area (Å²) in [6.07, 6.45) is 0. The molecule has 4 nitrogen and oxygen atoms in total. The van der Waals surface area contributed by atoms with E-state index in [1.807, 2.05) is 13.0 Å². The third-order valence-electron chi connectivity index (χ3n) is 3.44. The third kappa shape index (κ3) is 3.54. The minimum Gasteiger partial charge on any atom is -0.397 e. The summed E-state index contributed by atoms with van der Waals surface area (Å²) in [5.41, 5.74) is 11.3. The second-order valence-electron chi connectivity index (χ2n) is 5.09. The van der Waals surface area contributed by atoms with Crippen molar-refractivity contribution in [3.8, 4) is 0 Å². The molecule has 4 heteroatoms. The molecule has 0 aliphatic rings. The Morgan fingerprint density at radius 1 is 1.10 bits per heavy atom. The van der Waals surface area contributed by atoms with E-state index in [9.17, 15) is 4.79 Å². The molecule has 0 fully saturated rings. The Morgan fingerprint density at radius 2 is 1.86 bits per heavy atom. The minimum atomic E-state index is -0.0966. The first kappa shape index (κ1) is 14.9. The Labute approximate surface area is 125 Å². The number of carbonyl (C=O) groups excluding carboxylic acids is 1. The maximum Gasteiger partial charge on any atom is 0.251 e. The van der Waals surface area contributed by atoms with Gasteiger partial charge in [-0.3, -0.25) is 4.79 Å². The van der Waals surface area contributed by atoms with Crippen molar-refractivity contribution >= 4 is 23.0 Å². The van der Waals surface area contributed by atoms with Gasteiger partial charge < -0.3 is 16.4 Å². The third-order valence-corrected chi connectivity index (χ3v) is 3.44. The highest BCUT2D eigenvalue weighted by atomic mass is 16.1. The monoisotopic (exact) mass is 283 g/mol. The van der Waals surface area contributed by atoms with Crippen LogP contribution in [0.4, 0.5) is 17.1 Å². The molecular weight excluding hydrogens is 262 g/mol. The van der Waals surface area contributed by atoms with Gasteiger partial charge in [0.1, 0.15) is 0 Å². The lowest BCUT2D eigenvalue weighted by Gasteiger charge is -2.12. The topological polar surface area (TPSA) is 67.2 Å². The van der Waals surface area contributed by atoms with Crippen LogP contribution in [-0.2, 0) is 0 Å². The Bertz CT molecular complexity index is 665. The van der Waals surface area contributed by atoms with Crippen molar-refractivity contribution in [3.63, 3.8) is 0 Å². The predicted octanol–water partition coefficient (Wildman–Crippen LogP) is 3.38. The van der Waals surface area contributed by atoms with E-state index in [2.05, 4.69) is 36.6 Å². The van der Waals surface area contributed by atoms with Gasteiger partial charge in [-0.05, 0) is 62.2 Å². The molecule has 1 amide bonds. The summed E-state index contributed by atoms with van der Waals surface area (Å²) in [5, 5.41) is 6.05. The molecule has 0 saturated heterocycles. The van der Waals surface area contributed by atoms with E-state index >= 15 is 0 Å². The normalized spacial score (nSPS) is 10.2. The van der Waals surface area contributed by atoms with Crippen molar-refractivity contribution in [1.29, 1.82) is 0 Å². The second-order valence-corrected chi connectivity index (χ2v) is 5.09. The van der Waals surface area contributed by atoms with Crippen LogP contribution in [-0.4, -0.2) is 12.5 Å².